The van der Waals surface area contributed by atoms with Crippen molar-refractivity contribution in [2.45, 2.75) is 51.0 Å². The number of esters is 1. The SMILES string of the molecule is CC1=C(C(=O)OCC2CCCO2)C(c2ccncc2)C2C(=O)CCCC2=N1. The van der Waals surface area contributed by atoms with E-state index in [1.165, 1.54) is 0 Å². The molecule has 0 spiro atoms. The summed E-state index contributed by atoms with van der Waals surface area (Å²) in [6.45, 7) is 2.79. The maximum Gasteiger partial charge on any atom is 0.336 e. The second kappa shape index (κ2) is 7.72. The fourth-order valence-electron chi connectivity index (χ4n) is 4.34. The zero-order valence-corrected chi connectivity index (χ0v) is 15.5. The summed E-state index contributed by atoms with van der Waals surface area (Å²) in [4.78, 5) is 34.5. The van der Waals surface area contributed by atoms with Gasteiger partial charge in [-0.15, -0.1) is 0 Å². The third kappa shape index (κ3) is 3.58. The van der Waals surface area contributed by atoms with Crippen molar-refractivity contribution in [3.63, 3.8) is 0 Å². The van der Waals surface area contributed by atoms with Crippen molar-refractivity contribution < 1.29 is 19.1 Å². The van der Waals surface area contributed by atoms with Gasteiger partial charge in [0.25, 0.3) is 0 Å². The van der Waals surface area contributed by atoms with Gasteiger partial charge < -0.3 is 9.47 Å². The van der Waals surface area contributed by atoms with Crippen molar-refractivity contribution in [1.82, 2.24) is 4.98 Å². The maximum atomic E-state index is 13.0. The Labute approximate surface area is 158 Å². The molecule has 6 nitrogen and oxygen atoms in total. The number of hydrogen-bond donors (Lipinski definition) is 0. The summed E-state index contributed by atoms with van der Waals surface area (Å²) >= 11 is 0. The fourth-order valence-corrected chi connectivity index (χ4v) is 4.34. The Morgan fingerprint density at radius 2 is 2.04 bits per heavy atom. The van der Waals surface area contributed by atoms with E-state index >= 15 is 0 Å². The second-order valence-electron chi connectivity index (χ2n) is 7.39. The molecule has 3 unspecified atom stereocenters. The second-order valence-corrected chi connectivity index (χ2v) is 7.39. The van der Waals surface area contributed by atoms with Gasteiger partial charge in [-0.05, 0) is 50.3 Å². The van der Waals surface area contributed by atoms with Crippen LogP contribution in [-0.4, -0.2) is 41.8 Å². The first-order chi connectivity index (χ1) is 13.1. The molecule has 0 aromatic carbocycles. The Bertz CT molecular complexity index is 794. The quantitative estimate of drug-likeness (QED) is 0.764. The standard InChI is InChI=1S/C21H24N2O4/c1-13-18(21(25)27-12-15-4-3-11-26-15)19(14-7-9-22-10-8-14)20-16(23-13)5-2-6-17(20)24/h7-10,15,19-20H,2-6,11-12H2,1H3. The summed E-state index contributed by atoms with van der Waals surface area (Å²) < 4.78 is 11.1. The van der Waals surface area contributed by atoms with Crippen molar-refractivity contribution >= 4 is 17.5 Å². The summed E-state index contributed by atoms with van der Waals surface area (Å²) in [5.41, 5.74) is 2.93. The molecule has 1 aliphatic carbocycles. The van der Waals surface area contributed by atoms with Crippen LogP contribution in [0.25, 0.3) is 0 Å². The van der Waals surface area contributed by atoms with E-state index < -0.39 is 5.97 Å². The topological polar surface area (TPSA) is 77.9 Å². The normalized spacial score (nSPS) is 28.0. The molecular formula is C21H24N2O4. The molecule has 0 amide bonds. The number of hydrogen-bond acceptors (Lipinski definition) is 6. The lowest BCUT2D eigenvalue weighted by atomic mass is 9.69. The first kappa shape index (κ1) is 18.0. The molecule has 0 N–H and O–H groups in total. The van der Waals surface area contributed by atoms with Gasteiger partial charge in [0.15, 0.2) is 0 Å². The van der Waals surface area contributed by atoms with E-state index in [0.717, 1.165) is 37.0 Å². The number of carbonyl (C=O) groups excluding carboxylic acids is 2. The van der Waals surface area contributed by atoms with Crippen LogP contribution in [0.3, 0.4) is 0 Å². The van der Waals surface area contributed by atoms with Gasteiger partial charge in [0.1, 0.15) is 12.4 Å². The van der Waals surface area contributed by atoms with E-state index in [1.54, 1.807) is 12.4 Å². The molecule has 2 fully saturated rings. The van der Waals surface area contributed by atoms with E-state index in [4.69, 9.17) is 9.47 Å². The fraction of sp³-hybridized carbons (Fsp3) is 0.524. The average molecular weight is 368 g/mol. The van der Waals surface area contributed by atoms with Crippen LogP contribution in [0.2, 0.25) is 0 Å². The molecule has 1 saturated carbocycles. The number of fused-ring (bicyclic) bond motifs is 1. The van der Waals surface area contributed by atoms with Crippen molar-refractivity contribution in [3.05, 3.63) is 41.4 Å². The van der Waals surface area contributed by atoms with Crippen LogP contribution in [-0.2, 0) is 19.1 Å². The van der Waals surface area contributed by atoms with E-state index in [2.05, 4.69) is 9.98 Å². The number of ether oxygens (including phenoxy) is 2. The molecular weight excluding hydrogens is 344 g/mol. The molecule has 6 heteroatoms. The Hall–Kier alpha value is -2.34. The van der Waals surface area contributed by atoms with Crippen LogP contribution in [0.15, 0.2) is 40.8 Å². The number of allylic oxidation sites excluding steroid dienone is 1. The van der Waals surface area contributed by atoms with E-state index in [0.29, 0.717) is 24.3 Å². The Balaban J connectivity index is 1.67. The summed E-state index contributed by atoms with van der Waals surface area (Å²) in [7, 11) is 0. The number of carbonyl (C=O) groups is 2. The number of rotatable bonds is 4. The lowest BCUT2D eigenvalue weighted by molar-refractivity contribution is -0.142. The van der Waals surface area contributed by atoms with Crippen LogP contribution in [0, 0.1) is 5.92 Å². The Morgan fingerprint density at radius 1 is 1.22 bits per heavy atom. The zero-order chi connectivity index (χ0) is 18.8. The van der Waals surface area contributed by atoms with Gasteiger partial charge in [0.05, 0.1) is 17.6 Å². The smallest absolute Gasteiger partial charge is 0.336 e. The van der Waals surface area contributed by atoms with E-state index in [1.807, 2.05) is 19.1 Å². The first-order valence-electron chi connectivity index (χ1n) is 9.64. The molecule has 0 bridgehead atoms. The third-order valence-corrected chi connectivity index (χ3v) is 5.62. The minimum absolute atomic E-state index is 0.0341. The van der Waals surface area contributed by atoms with Gasteiger partial charge in [0.2, 0.25) is 0 Å². The largest absolute Gasteiger partial charge is 0.460 e. The molecule has 3 heterocycles. The molecule has 3 aliphatic rings. The molecule has 0 radical (unpaired) electrons. The maximum absolute atomic E-state index is 13.0. The highest BCUT2D eigenvalue weighted by atomic mass is 16.6. The van der Waals surface area contributed by atoms with Crippen LogP contribution in [0.4, 0.5) is 0 Å². The Morgan fingerprint density at radius 3 is 2.78 bits per heavy atom. The van der Waals surface area contributed by atoms with Crippen LogP contribution in [0.1, 0.15) is 50.5 Å². The van der Waals surface area contributed by atoms with Crippen LogP contribution >= 0.6 is 0 Å². The molecule has 2 aliphatic heterocycles. The van der Waals surface area contributed by atoms with Crippen molar-refractivity contribution in [1.29, 1.82) is 0 Å². The number of nitrogens with zero attached hydrogens (tertiary/aromatic N) is 2. The summed E-state index contributed by atoms with van der Waals surface area (Å²) in [5.74, 6) is -0.981. The minimum Gasteiger partial charge on any atom is -0.460 e. The Kier molecular flexibility index (Phi) is 5.16. The molecule has 1 saturated heterocycles. The van der Waals surface area contributed by atoms with Gasteiger partial charge in [-0.1, -0.05) is 0 Å². The molecule has 27 heavy (non-hydrogen) atoms. The monoisotopic (exact) mass is 368 g/mol. The van der Waals surface area contributed by atoms with Crippen molar-refractivity contribution in [2.75, 3.05) is 13.2 Å². The van der Waals surface area contributed by atoms with E-state index in [-0.39, 0.29) is 30.3 Å². The molecule has 4 rings (SSSR count). The predicted molar refractivity (Wildman–Crippen MR) is 99.4 cm³/mol. The zero-order valence-electron chi connectivity index (χ0n) is 15.5. The predicted octanol–water partition coefficient (Wildman–Crippen LogP) is 2.99. The molecule has 1 aromatic heterocycles. The first-order valence-corrected chi connectivity index (χ1v) is 9.64. The molecule has 1 aromatic rings. The van der Waals surface area contributed by atoms with Gasteiger partial charge >= 0.3 is 5.97 Å². The number of Topliss-reactive ketones (excluding diaryl/α,β-unsaturated/α-hetero) is 1. The molecule has 142 valence electrons. The van der Waals surface area contributed by atoms with Crippen molar-refractivity contribution in [3.8, 4) is 0 Å². The van der Waals surface area contributed by atoms with Crippen LogP contribution < -0.4 is 0 Å². The van der Waals surface area contributed by atoms with Crippen molar-refractivity contribution in [2.24, 2.45) is 10.9 Å². The highest BCUT2D eigenvalue weighted by Gasteiger charge is 2.43. The molecule has 3 atom stereocenters. The summed E-state index contributed by atoms with van der Waals surface area (Å²) in [6.07, 6.45) is 7.40. The summed E-state index contributed by atoms with van der Waals surface area (Å²) in [5, 5.41) is 0. The van der Waals surface area contributed by atoms with E-state index in [9.17, 15) is 9.59 Å². The van der Waals surface area contributed by atoms with Gasteiger partial charge in [0, 0.05) is 42.7 Å². The number of pyridine rings is 1. The average Bonchev–Trinajstić information content (AvgIpc) is 3.19. The number of aromatic nitrogens is 1. The number of ketones is 1. The van der Waals surface area contributed by atoms with Crippen LogP contribution in [0.5, 0.6) is 0 Å². The van der Waals surface area contributed by atoms with Gasteiger partial charge in [-0.3, -0.25) is 14.8 Å². The lowest BCUT2D eigenvalue weighted by Crippen LogP contribution is -2.39. The number of aliphatic imine (C=N–C) groups is 1. The lowest BCUT2D eigenvalue weighted by Gasteiger charge is -2.35. The van der Waals surface area contributed by atoms with Gasteiger partial charge in [-0.2, -0.15) is 0 Å². The minimum atomic E-state index is -0.397. The third-order valence-electron chi connectivity index (χ3n) is 5.62. The van der Waals surface area contributed by atoms with Gasteiger partial charge in [-0.25, -0.2) is 4.79 Å². The summed E-state index contributed by atoms with van der Waals surface area (Å²) in [6, 6.07) is 3.74. The highest BCUT2D eigenvalue weighted by molar-refractivity contribution is 6.11. The highest BCUT2D eigenvalue weighted by Crippen LogP contribution is 2.42.